The van der Waals surface area contributed by atoms with Gasteiger partial charge in [-0.15, -0.1) is 24.0 Å². The molecular weight excluding hydrogens is 439 g/mol. The molecule has 1 heterocycles. The predicted molar refractivity (Wildman–Crippen MR) is 119 cm³/mol. The van der Waals surface area contributed by atoms with Gasteiger partial charge in [-0.2, -0.15) is 0 Å². The summed E-state index contributed by atoms with van der Waals surface area (Å²) in [5.41, 5.74) is 1.81. The highest BCUT2D eigenvalue weighted by molar-refractivity contribution is 14.0. The molecule has 0 bridgehead atoms. The van der Waals surface area contributed by atoms with Crippen LogP contribution in [0.15, 0.2) is 29.3 Å². The van der Waals surface area contributed by atoms with Crippen molar-refractivity contribution in [2.45, 2.75) is 40.7 Å². The van der Waals surface area contributed by atoms with Gasteiger partial charge in [0, 0.05) is 31.7 Å². The van der Waals surface area contributed by atoms with Crippen LogP contribution in [0.25, 0.3) is 0 Å². The van der Waals surface area contributed by atoms with E-state index in [9.17, 15) is 4.79 Å². The number of aliphatic imine (C=N–C) groups is 1. The number of benzene rings is 1. The van der Waals surface area contributed by atoms with E-state index in [2.05, 4.69) is 36.3 Å². The molecule has 1 amide bonds. The van der Waals surface area contributed by atoms with Gasteiger partial charge in [0.05, 0.1) is 6.54 Å². The Morgan fingerprint density at radius 3 is 2.19 bits per heavy atom. The van der Waals surface area contributed by atoms with Crippen LogP contribution in [0, 0.1) is 11.8 Å². The number of carbonyl (C=O) groups is 1. The number of nitrogens with one attached hydrogen (secondary N) is 2. The highest BCUT2D eigenvalue weighted by Crippen LogP contribution is 2.21. The minimum absolute atomic E-state index is 0. The molecule has 146 valence electrons. The van der Waals surface area contributed by atoms with Crippen LogP contribution in [0.5, 0.6) is 0 Å². The van der Waals surface area contributed by atoms with E-state index >= 15 is 0 Å². The van der Waals surface area contributed by atoms with Crippen LogP contribution in [0.3, 0.4) is 0 Å². The molecule has 2 rings (SSSR count). The number of amides is 1. The molecule has 0 radical (unpaired) electrons. The Morgan fingerprint density at radius 1 is 1.08 bits per heavy atom. The minimum Gasteiger partial charge on any atom is -0.357 e. The Bertz CT molecular complexity index is 578. The summed E-state index contributed by atoms with van der Waals surface area (Å²) >= 11 is 0. The Kier molecular flexibility index (Phi) is 9.98. The van der Waals surface area contributed by atoms with E-state index in [1.807, 2.05) is 31.2 Å². The van der Waals surface area contributed by atoms with Crippen molar-refractivity contribution in [3.05, 3.63) is 35.4 Å². The number of halogens is 1. The Labute approximate surface area is 175 Å². The van der Waals surface area contributed by atoms with Crippen LogP contribution in [0.1, 0.15) is 50.0 Å². The maximum Gasteiger partial charge on any atom is 0.251 e. The van der Waals surface area contributed by atoms with Crippen molar-refractivity contribution in [1.29, 1.82) is 0 Å². The SMILES string of the molecule is CCNC(=O)c1ccc(CN=C(NCC)N2CC(C)CC(C)C2)cc1.I. The van der Waals surface area contributed by atoms with Crippen molar-refractivity contribution < 1.29 is 4.79 Å². The van der Waals surface area contributed by atoms with E-state index in [0.29, 0.717) is 30.5 Å². The predicted octanol–water partition coefficient (Wildman–Crippen LogP) is 3.50. The fourth-order valence-corrected chi connectivity index (χ4v) is 3.45. The van der Waals surface area contributed by atoms with Crippen molar-refractivity contribution in [1.82, 2.24) is 15.5 Å². The van der Waals surface area contributed by atoms with E-state index in [0.717, 1.165) is 31.2 Å². The zero-order valence-corrected chi connectivity index (χ0v) is 18.7. The Balaban J connectivity index is 0.00000338. The normalized spacial score (nSPS) is 20.3. The molecule has 6 heteroatoms. The first-order chi connectivity index (χ1) is 12.0. The van der Waals surface area contributed by atoms with Gasteiger partial charge in [0.1, 0.15) is 0 Å². The van der Waals surface area contributed by atoms with Gasteiger partial charge in [-0.05, 0) is 49.8 Å². The van der Waals surface area contributed by atoms with E-state index in [-0.39, 0.29) is 29.9 Å². The maximum atomic E-state index is 11.8. The fourth-order valence-electron chi connectivity index (χ4n) is 3.45. The third-order valence-electron chi connectivity index (χ3n) is 4.47. The van der Waals surface area contributed by atoms with Gasteiger partial charge >= 0.3 is 0 Å². The van der Waals surface area contributed by atoms with Crippen molar-refractivity contribution >= 4 is 35.8 Å². The molecule has 0 saturated carbocycles. The molecule has 1 aliphatic rings. The molecule has 0 spiro atoms. The maximum absolute atomic E-state index is 11.8. The monoisotopic (exact) mass is 472 g/mol. The number of piperidine rings is 1. The number of guanidine groups is 1. The van der Waals surface area contributed by atoms with Crippen LogP contribution in [-0.2, 0) is 6.54 Å². The summed E-state index contributed by atoms with van der Waals surface area (Å²) in [5.74, 6) is 2.36. The first-order valence-electron chi connectivity index (χ1n) is 9.43. The fraction of sp³-hybridized carbons (Fsp3) is 0.600. The topological polar surface area (TPSA) is 56.7 Å². The van der Waals surface area contributed by atoms with Crippen molar-refractivity contribution in [3.63, 3.8) is 0 Å². The smallest absolute Gasteiger partial charge is 0.251 e. The van der Waals surface area contributed by atoms with Gasteiger partial charge in [0.25, 0.3) is 5.91 Å². The van der Waals surface area contributed by atoms with Crippen LogP contribution < -0.4 is 10.6 Å². The molecule has 2 N–H and O–H groups in total. The number of hydrogen-bond donors (Lipinski definition) is 2. The molecule has 2 atom stereocenters. The zero-order chi connectivity index (χ0) is 18.2. The molecule has 0 aromatic heterocycles. The average Bonchev–Trinajstić information content (AvgIpc) is 2.58. The van der Waals surface area contributed by atoms with Gasteiger partial charge < -0.3 is 15.5 Å². The summed E-state index contributed by atoms with van der Waals surface area (Å²) in [6, 6.07) is 7.71. The van der Waals surface area contributed by atoms with E-state index in [4.69, 9.17) is 4.99 Å². The Morgan fingerprint density at radius 2 is 1.65 bits per heavy atom. The van der Waals surface area contributed by atoms with Gasteiger partial charge in [-0.25, -0.2) is 4.99 Å². The molecule has 1 fully saturated rings. The third kappa shape index (κ3) is 6.78. The molecular formula is C20H33IN4O. The number of hydrogen-bond acceptors (Lipinski definition) is 2. The lowest BCUT2D eigenvalue weighted by Crippen LogP contribution is -2.48. The second-order valence-electron chi connectivity index (χ2n) is 7.08. The molecule has 1 aromatic carbocycles. The zero-order valence-electron chi connectivity index (χ0n) is 16.4. The number of rotatable bonds is 5. The van der Waals surface area contributed by atoms with E-state index in [1.165, 1.54) is 6.42 Å². The summed E-state index contributed by atoms with van der Waals surface area (Å²) in [4.78, 5) is 19.0. The standard InChI is InChI=1S/C20H32N4O.HI/c1-5-21-19(25)18-9-7-17(8-10-18)12-23-20(22-6-2)24-13-15(3)11-16(4)14-24;/h7-10,15-16H,5-6,11-14H2,1-4H3,(H,21,25)(H,22,23);1H. The minimum atomic E-state index is -0.0258. The van der Waals surface area contributed by atoms with Crippen LogP contribution in [0.4, 0.5) is 0 Å². The van der Waals surface area contributed by atoms with Crippen molar-refractivity contribution in [2.24, 2.45) is 16.8 Å². The van der Waals surface area contributed by atoms with Crippen molar-refractivity contribution in [3.8, 4) is 0 Å². The van der Waals surface area contributed by atoms with Gasteiger partial charge in [-0.1, -0.05) is 26.0 Å². The van der Waals surface area contributed by atoms with Gasteiger partial charge in [0.2, 0.25) is 0 Å². The highest BCUT2D eigenvalue weighted by atomic mass is 127. The lowest BCUT2D eigenvalue weighted by molar-refractivity contribution is 0.0956. The first kappa shape index (κ1) is 22.7. The van der Waals surface area contributed by atoms with Crippen LogP contribution >= 0.6 is 24.0 Å². The summed E-state index contributed by atoms with van der Waals surface area (Å²) < 4.78 is 0. The Hall–Kier alpha value is -1.31. The summed E-state index contributed by atoms with van der Waals surface area (Å²) in [5, 5.41) is 6.24. The second-order valence-corrected chi connectivity index (χ2v) is 7.08. The molecule has 5 nitrogen and oxygen atoms in total. The lowest BCUT2D eigenvalue weighted by atomic mass is 9.92. The second kappa shape index (κ2) is 11.4. The third-order valence-corrected chi connectivity index (χ3v) is 4.47. The first-order valence-corrected chi connectivity index (χ1v) is 9.43. The highest BCUT2D eigenvalue weighted by Gasteiger charge is 2.23. The molecule has 1 saturated heterocycles. The quantitative estimate of drug-likeness (QED) is 0.392. The van der Waals surface area contributed by atoms with E-state index < -0.39 is 0 Å². The van der Waals surface area contributed by atoms with Crippen molar-refractivity contribution in [2.75, 3.05) is 26.2 Å². The largest absolute Gasteiger partial charge is 0.357 e. The molecule has 0 aliphatic carbocycles. The number of likely N-dealkylation sites (tertiary alicyclic amines) is 1. The number of carbonyl (C=O) groups excluding carboxylic acids is 1. The number of nitrogens with zero attached hydrogens (tertiary/aromatic N) is 2. The van der Waals surface area contributed by atoms with Gasteiger partial charge in [-0.3, -0.25) is 4.79 Å². The summed E-state index contributed by atoms with van der Waals surface area (Å²) in [6.45, 7) is 12.9. The summed E-state index contributed by atoms with van der Waals surface area (Å²) in [7, 11) is 0. The molecule has 26 heavy (non-hydrogen) atoms. The average molecular weight is 472 g/mol. The molecule has 2 unspecified atom stereocenters. The molecule has 1 aromatic rings. The lowest BCUT2D eigenvalue weighted by Gasteiger charge is -2.37. The van der Waals surface area contributed by atoms with Crippen LogP contribution in [0.2, 0.25) is 0 Å². The van der Waals surface area contributed by atoms with Crippen LogP contribution in [-0.4, -0.2) is 42.9 Å². The van der Waals surface area contributed by atoms with E-state index in [1.54, 1.807) is 0 Å². The van der Waals surface area contributed by atoms with Gasteiger partial charge in [0.15, 0.2) is 5.96 Å². The summed E-state index contributed by atoms with van der Waals surface area (Å²) in [6.07, 6.45) is 1.29. The molecule has 1 aliphatic heterocycles.